The van der Waals surface area contributed by atoms with E-state index in [2.05, 4.69) is 21.9 Å². The molecule has 1 saturated heterocycles. The van der Waals surface area contributed by atoms with E-state index in [1.807, 2.05) is 17.9 Å². The van der Waals surface area contributed by atoms with Gasteiger partial charge in [0.05, 0.1) is 11.9 Å². The molecule has 0 bridgehead atoms. The molecule has 78 valence electrons. The van der Waals surface area contributed by atoms with Crippen LogP contribution in [0.15, 0.2) is 12.4 Å². The van der Waals surface area contributed by atoms with Gasteiger partial charge in [-0.15, -0.1) is 0 Å². The fraction of sp³-hybridized carbons (Fsp3) is 0.700. The predicted octanol–water partition coefficient (Wildman–Crippen LogP) is 0.924. The third-order valence-corrected chi connectivity index (χ3v) is 2.83. The quantitative estimate of drug-likeness (QED) is 0.752. The zero-order valence-electron chi connectivity index (χ0n) is 8.66. The highest BCUT2D eigenvalue weighted by atomic mass is 15.3. The van der Waals surface area contributed by atoms with Gasteiger partial charge in [0.2, 0.25) is 0 Å². The summed E-state index contributed by atoms with van der Waals surface area (Å²) < 4.78 is 2.04. The number of rotatable bonds is 3. The molecule has 0 amide bonds. The number of nitrogens with zero attached hydrogens (tertiary/aromatic N) is 2. The van der Waals surface area contributed by atoms with E-state index in [0.717, 1.165) is 31.2 Å². The van der Waals surface area contributed by atoms with Crippen molar-refractivity contribution in [1.82, 2.24) is 15.1 Å². The maximum atomic E-state index is 4.31. The van der Waals surface area contributed by atoms with E-state index in [0.29, 0.717) is 0 Å². The summed E-state index contributed by atoms with van der Waals surface area (Å²) in [6, 6.07) is 0. The van der Waals surface area contributed by atoms with Gasteiger partial charge in [-0.2, -0.15) is 5.10 Å². The van der Waals surface area contributed by atoms with E-state index in [4.69, 9.17) is 0 Å². The van der Waals surface area contributed by atoms with Crippen LogP contribution in [-0.4, -0.2) is 29.9 Å². The van der Waals surface area contributed by atoms with Crippen LogP contribution in [-0.2, 0) is 6.54 Å². The second kappa shape index (κ2) is 4.46. The van der Waals surface area contributed by atoms with Gasteiger partial charge in [-0.1, -0.05) is 0 Å². The lowest BCUT2D eigenvalue weighted by molar-refractivity contribution is 0.321. The molecule has 0 saturated carbocycles. The molecule has 4 heteroatoms. The van der Waals surface area contributed by atoms with E-state index in [1.165, 1.54) is 12.8 Å². The minimum atomic E-state index is 0.792. The van der Waals surface area contributed by atoms with Crippen molar-refractivity contribution in [3.05, 3.63) is 12.4 Å². The third kappa shape index (κ3) is 2.26. The Morgan fingerprint density at radius 1 is 1.57 bits per heavy atom. The van der Waals surface area contributed by atoms with E-state index in [-0.39, 0.29) is 0 Å². The van der Waals surface area contributed by atoms with Crippen LogP contribution in [0.5, 0.6) is 0 Å². The molecule has 1 aliphatic rings. The van der Waals surface area contributed by atoms with Crippen molar-refractivity contribution in [2.75, 3.05) is 25.5 Å². The molecule has 0 atom stereocenters. The molecule has 0 unspecified atom stereocenters. The van der Waals surface area contributed by atoms with Crippen LogP contribution in [0.1, 0.15) is 12.8 Å². The van der Waals surface area contributed by atoms with E-state index >= 15 is 0 Å². The van der Waals surface area contributed by atoms with Crippen molar-refractivity contribution in [2.45, 2.75) is 19.4 Å². The maximum absolute atomic E-state index is 4.31. The van der Waals surface area contributed by atoms with Crippen LogP contribution in [0.2, 0.25) is 0 Å². The van der Waals surface area contributed by atoms with Crippen LogP contribution < -0.4 is 10.6 Å². The Morgan fingerprint density at radius 2 is 2.36 bits per heavy atom. The van der Waals surface area contributed by atoms with Crippen molar-refractivity contribution >= 4 is 5.69 Å². The van der Waals surface area contributed by atoms with Crippen LogP contribution in [0.4, 0.5) is 5.69 Å². The number of aromatic nitrogens is 2. The second-order valence-electron chi connectivity index (χ2n) is 3.89. The first-order chi connectivity index (χ1) is 6.88. The van der Waals surface area contributed by atoms with Crippen LogP contribution in [0, 0.1) is 5.92 Å². The highest BCUT2D eigenvalue weighted by Gasteiger charge is 2.13. The molecule has 0 radical (unpaired) electrons. The number of hydrogen-bond acceptors (Lipinski definition) is 3. The summed E-state index contributed by atoms with van der Waals surface area (Å²) in [6.07, 6.45) is 6.49. The lowest BCUT2D eigenvalue weighted by Crippen LogP contribution is -2.29. The SMILES string of the molecule is CNc1cnn(CC2CCNCC2)c1. The number of hydrogen-bond donors (Lipinski definition) is 2. The maximum Gasteiger partial charge on any atom is 0.0723 e. The molecule has 2 rings (SSSR count). The Balaban J connectivity index is 1.89. The summed E-state index contributed by atoms with van der Waals surface area (Å²) in [7, 11) is 1.92. The van der Waals surface area contributed by atoms with Gasteiger partial charge >= 0.3 is 0 Å². The number of anilines is 1. The first kappa shape index (κ1) is 9.52. The first-order valence-electron chi connectivity index (χ1n) is 5.29. The van der Waals surface area contributed by atoms with Crippen LogP contribution in [0.25, 0.3) is 0 Å². The zero-order valence-corrected chi connectivity index (χ0v) is 8.66. The number of piperidine rings is 1. The highest BCUT2D eigenvalue weighted by molar-refractivity contribution is 5.36. The highest BCUT2D eigenvalue weighted by Crippen LogP contribution is 2.14. The Kier molecular flexibility index (Phi) is 3.03. The smallest absolute Gasteiger partial charge is 0.0723 e. The van der Waals surface area contributed by atoms with E-state index in [9.17, 15) is 0 Å². The van der Waals surface area contributed by atoms with Gasteiger partial charge in [-0.05, 0) is 31.8 Å². The Labute approximate surface area is 84.7 Å². The molecule has 1 fully saturated rings. The molecule has 0 spiro atoms. The normalized spacial score (nSPS) is 18.4. The molecule has 2 heterocycles. The Bertz CT molecular complexity index is 275. The predicted molar refractivity (Wildman–Crippen MR) is 57.4 cm³/mol. The molecular formula is C10H18N4. The van der Waals surface area contributed by atoms with Gasteiger partial charge in [0.15, 0.2) is 0 Å². The largest absolute Gasteiger partial charge is 0.386 e. The van der Waals surface area contributed by atoms with Crippen LogP contribution in [0.3, 0.4) is 0 Å². The number of nitrogens with one attached hydrogen (secondary N) is 2. The third-order valence-electron chi connectivity index (χ3n) is 2.83. The Hall–Kier alpha value is -1.03. The lowest BCUT2D eigenvalue weighted by Gasteiger charge is -2.22. The molecule has 1 aromatic heterocycles. The molecule has 2 N–H and O–H groups in total. The molecule has 0 aromatic carbocycles. The topological polar surface area (TPSA) is 41.9 Å². The van der Waals surface area contributed by atoms with Gasteiger partial charge in [0.25, 0.3) is 0 Å². The summed E-state index contributed by atoms with van der Waals surface area (Å²) in [4.78, 5) is 0. The average Bonchev–Trinajstić information content (AvgIpc) is 2.67. The fourth-order valence-electron chi connectivity index (χ4n) is 1.92. The standard InChI is InChI=1S/C10H18N4/c1-11-10-6-13-14(8-10)7-9-2-4-12-5-3-9/h6,8-9,11-12H,2-5,7H2,1H3. The van der Waals surface area contributed by atoms with E-state index in [1.54, 1.807) is 0 Å². The summed E-state index contributed by atoms with van der Waals surface area (Å²) in [5.74, 6) is 0.792. The van der Waals surface area contributed by atoms with Crippen molar-refractivity contribution in [1.29, 1.82) is 0 Å². The monoisotopic (exact) mass is 194 g/mol. The lowest BCUT2D eigenvalue weighted by atomic mass is 9.98. The second-order valence-corrected chi connectivity index (χ2v) is 3.89. The minimum absolute atomic E-state index is 0.792. The molecule has 4 nitrogen and oxygen atoms in total. The van der Waals surface area contributed by atoms with Crippen molar-refractivity contribution < 1.29 is 0 Å². The average molecular weight is 194 g/mol. The zero-order chi connectivity index (χ0) is 9.80. The van der Waals surface area contributed by atoms with Gasteiger partial charge < -0.3 is 10.6 Å². The van der Waals surface area contributed by atoms with Crippen molar-refractivity contribution in [3.63, 3.8) is 0 Å². The van der Waals surface area contributed by atoms with Gasteiger partial charge in [0.1, 0.15) is 0 Å². The molecule has 1 aromatic rings. The van der Waals surface area contributed by atoms with Gasteiger partial charge in [-0.3, -0.25) is 4.68 Å². The molecule has 0 aliphatic carbocycles. The molecule has 14 heavy (non-hydrogen) atoms. The first-order valence-corrected chi connectivity index (χ1v) is 5.29. The van der Waals surface area contributed by atoms with Crippen LogP contribution >= 0.6 is 0 Å². The van der Waals surface area contributed by atoms with E-state index < -0.39 is 0 Å². The summed E-state index contributed by atoms with van der Waals surface area (Å²) in [5, 5.41) is 10.8. The van der Waals surface area contributed by atoms with Gasteiger partial charge in [0, 0.05) is 19.8 Å². The summed E-state index contributed by atoms with van der Waals surface area (Å²) in [5.41, 5.74) is 1.10. The summed E-state index contributed by atoms with van der Waals surface area (Å²) in [6.45, 7) is 3.37. The van der Waals surface area contributed by atoms with Gasteiger partial charge in [-0.25, -0.2) is 0 Å². The fourth-order valence-corrected chi connectivity index (χ4v) is 1.92. The molecular weight excluding hydrogens is 176 g/mol. The van der Waals surface area contributed by atoms with Crippen molar-refractivity contribution in [3.8, 4) is 0 Å². The summed E-state index contributed by atoms with van der Waals surface area (Å²) >= 11 is 0. The molecule has 1 aliphatic heterocycles. The Morgan fingerprint density at radius 3 is 3.00 bits per heavy atom. The minimum Gasteiger partial charge on any atom is -0.386 e. The van der Waals surface area contributed by atoms with Crippen molar-refractivity contribution in [2.24, 2.45) is 5.92 Å².